The Morgan fingerprint density at radius 1 is 1.53 bits per heavy atom. The van der Waals surface area contributed by atoms with Crippen molar-refractivity contribution < 1.29 is 0 Å². The molecule has 0 aliphatic carbocycles. The van der Waals surface area contributed by atoms with Gasteiger partial charge in [-0.3, -0.25) is 0 Å². The number of anilines is 2. The number of rotatable bonds is 4. The van der Waals surface area contributed by atoms with Crippen molar-refractivity contribution in [1.29, 1.82) is 5.41 Å². The first-order valence-corrected chi connectivity index (χ1v) is 6.95. The van der Waals surface area contributed by atoms with Crippen molar-refractivity contribution >= 4 is 17.6 Å². The van der Waals surface area contributed by atoms with Crippen LogP contribution >= 0.6 is 0 Å². The number of hydrogen-bond donors (Lipinski definition) is 2. The second-order valence-electron chi connectivity index (χ2n) is 5.36. The lowest BCUT2D eigenvalue weighted by Crippen LogP contribution is -2.20. The fourth-order valence-electron chi connectivity index (χ4n) is 2.96. The van der Waals surface area contributed by atoms with Crippen LogP contribution in [-0.2, 0) is 0 Å². The van der Waals surface area contributed by atoms with E-state index in [1.807, 2.05) is 18.2 Å². The molecule has 2 unspecified atom stereocenters. The highest BCUT2D eigenvalue weighted by Gasteiger charge is 2.33. The van der Waals surface area contributed by atoms with Crippen LogP contribution in [-0.4, -0.2) is 12.8 Å². The normalized spacial score (nSPS) is 22.8. The Morgan fingerprint density at radius 2 is 2.26 bits per heavy atom. The maximum absolute atomic E-state index is 7.58. The summed E-state index contributed by atoms with van der Waals surface area (Å²) in [4.78, 5) is 2.24. The molecular formula is C16H23N3. The minimum Gasteiger partial charge on any atom is -0.398 e. The molecule has 1 aromatic carbocycles. The van der Waals surface area contributed by atoms with Crippen LogP contribution in [0, 0.1) is 17.2 Å². The average molecular weight is 257 g/mol. The lowest BCUT2D eigenvalue weighted by atomic mass is 9.92. The Kier molecular flexibility index (Phi) is 3.93. The minimum absolute atomic E-state index is 0.500. The monoisotopic (exact) mass is 257 g/mol. The molecular weight excluding hydrogens is 234 g/mol. The third kappa shape index (κ3) is 2.37. The first kappa shape index (κ1) is 13.7. The molecule has 3 N–H and O–H groups in total. The van der Waals surface area contributed by atoms with Gasteiger partial charge in [0.2, 0.25) is 0 Å². The molecule has 2 atom stereocenters. The first-order chi connectivity index (χ1) is 9.10. The lowest BCUT2D eigenvalue weighted by molar-refractivity contribution is 0.436. The number of benzene rings is 1. The molecule has 3 heteroatoms. The van der Waals surface area contributed by atoms with Gasteiger partial charge in [-0.25, -0.2) is 0 Å². The molecule has 1 fully saturated rings. The average Bonchev–Trinajstić information content (AvgIpc) is 2.67. The fourth-order valence-corrected chi connectivity index (χ4v) is 2.96. The molecule has 1 aliphatic rings. The molecule has 102 valence electrons. The Bertz CT molecular complexity index is 493. The number of nitrogens with two attached hydrogens (primary N) is 1. The smallest absolute Gasteiger partial charge is 0.0518 e. The quantitative estimate of drug-likeness (QED) is 0.639. The summed E-state index contributed by atoms with van der Waals surface area (Å²) in [6, 6.07) is 5.82. The van der Waals surface area contributed by atoms with E-state index in [-0.39, 0.29) is 0 Å². The van der Waals surface area contributed by atoms with Gasteiger partial charge in [0, 0.05) is 35.6 Å². The van der Waals surface area contributed by atoms with Gasteiger partial charge < -0.3 is 16.0 Å². The van der Waals surface area contributed by atoms with Crippen LogP contribution in [0.5, 0.6) is 0 Å². The molecule has 0 aromatic heterocycles. The van der Waals surface area contributed by atoms with Gasteiger partial charge >= 0.3 is 0 Å². The van der Waals surface area contributed by atoms with Crippen molar-refractivity contribution in [1.82, 2.24) is 0 Å². The van der Waals surface area contributed by atoms with Crippen molar-refractivity contribution in [2.24, 2.45) is 11.8 Å². The highest BCUT2D eigenvalue weighted by molar-refractivity contribution is 5.93. The summed E-state index contributed by atoms with van der Waals surface area (Å²) < 4.78 is 0. The van der Waals surface area contributed by atoms with Crippen molar-refractivity contribution in [3.63, 3.8) is 0 Å². The number of hydrogen-bond acceptors (Lipinski definition) is 3. The maximum atomic E-state index is 7.58. The topological polar surface area (TPSA) is 53.1 Å². The van der Waals surface area contributed by atoms with Gasteiger partial charge in [0.1, 0.15) is 0 Å². The van der Waals surface area contributed by atoms with E-state index < -0.39 is 0 Å². The van der Waals surface area contributed by atoms with Gasteiger partial charge in [0.15, 0.2) is 0 Å². The molecule has 1 aliphatic heterocycles. The molecule has 0 bridgehead atoms. The van der Waals surface area contributed by atoms with E-state index in [0.717, 1.165) is 23.5 Å². The molecule has 0 saturated carbocycles. The zero-order valence-corrected chi connectivity index (χ0v) is 11.8. The van der Waals surface area contributed by atoms with Crippen LogP contribution in [0.4, 0.5) is 11.4 Å². The van der Waals surface area contributed by atoms with Crippen LogP contribution in [0.1, 0.15) is 32.3 Å². The third-order valence-corrected chi connectivity index (χ3v) is 4.21. The summed E-state index contributed by atoms with van der Waals surface area (Å²) in [6.07, 6.45) is 3.76. The van der Waals surface area contributed by atoms with Gasteiger partial charge in [0.25, 0.3) is 0 Å². The van der Waals surface area contributed by atoms with Crippen molar-refractivity contribution in [2.75, 3.05) is 17.2 Å². The maximum Gasteiger partial charge on any atom is 0.0518 e. The number of nitrogens with one attached hydrogen (secondary N) is 1. The molecule has 0 amide bonds. The SMILES string of the molecule is C=C1C(C)C(CCC)CN1c1cccc(N)c1C=N. The zero-order valence-electron chi connectivity index (χ0n) is 11.8. The molecule has 0 radical (unpaired) electrons. The van der Waals surface area contributed by atoms with Crippen LogP contribution in [0.25, 0.3) is 0 Å². The van der Waals surface area contributed by atoms with E-state index >= 15 is 0 Å². The molecule has 1 heterocycles. The Morgan fingerprint density at radius 3 is 2.89 bits per heavy atom. The van der Waals surface area contributed by atoms with Gasteiger partial charge in [-0.1, -0.05) is 32.9 Å². The zero-order chi connectivity index (χ0) is 14.0. The summed E-state index contributed by atoms with van der Waals surface area (Å²) in [7, 11) is 0. The number of allylic oxidation sites excluding steroid dienone is 1. The number of nitrogens with zero attached hydrogens (tertiary/aromatic N) is 1. The van der Waals surface area contributed by atoms with Crippen LogP contribution < -0.4 is 10.6 Å². The van der Waals surface area contributed by atoms with Crippen LogP contribution in [0.15, 0.2) is 30.5 Å². The highest BCUT2D eigenvalue weighted by atomic mass is 15.2. The largest absolute Gasteiger partial charge is 0.398 e. The molecule has 1 saturated heterocycles. The Hall–Kier alpha value is -1.77. The summed E-state index contributed by atoms with van der Waals surface area (Å²) in [5.74, 6) is 1.15. The first-order valence-electron chi connectivity index (χ1n) is 6.95. The van der Waals surface area contributed by atoms with E-state index in [9.17, 15) is 0 Å². The standard InChI is InChI=1S/C16H23N3/c1-4-6-13-10-19(12(3)11(13)2)16-8-5-7-15(18)14(16)9-17/h5,7-9,11,13,17H,3-4,6,10,18H2,1-2H3. The van der Waals surface area contributed by atoms with E-state index in [4.69, 9.17) is 11.1 Å². The summed E-state index contributed by atoms with van der Waals surface area (Å²) >= 11 is 0. The van der Waals surface area contributed by atoms with Gasteiger partial charge in [0.05, 0.1) is 5.69 Å². The molecule has 1 aromatic rings. The van der Waals surface area contributed by atoms with E-state index in [2.05, 4.69) is 25.3 Å². The lowest BCUT2D eigenvalue weighted by Gasteiger charge is -2.23. The van der Waals surface area contributed by atoms with Gasteiger partial charge in [-0.2, -0.15) is 0 Å². The van der Waals surface area contributed by atoms with Crippen molar-refractivity contribution in [2.45, 2.75) is 26.7 Å². The van der Waals surface area contributed by atoms with Gasteiger partial charge in [-0.15, -0.1) is 0 Å². The van der Waals surface area contributed by atoms with Crippen molar-refractivity contribution in [3.8, 4) is 0 Å². The minimum atomic E-state index is 0.500. The molecule has 2 rings (SSSR count). The molecule has 19 heavy (non-hydrogen) atoms. The summed E-state index contributed by atoms with van der Waals surface area (Å²) in [5.41, 5.74) is 9.59. The van der Waals surface area contributed by atoms with Gasteiger partial charge in [-0.05, 0) is 24.5 Å². The van der Waals surface area contributed by atoms with E-state index in [1.54, 1.807) is 0 Å². The third-order valence-electron chi connectivity index (χ3n) is 4.21. The van der Waals surface area contributed by atoms with Crippen molar-refractivity contribution in [3.05, 3.63) is 36.0 Å². The molecule has 3 nitrogen and oxygen atoms in total. The highest BCUT2D eigenvalue weighted by Crippen LogP contribution is 2.39. The second kappa shape index (κ2) is 5.47. The summed E-state index contributed by atoms with van der Waals surface area (Å²) in [5, 5.41) is 7.58. The Balaban J connectivity index is 2.35. The summed E-state index contributed by atoms with van der Waals surface area (Å²) in [6.45, 7) is 9.70. The Labute approximate surface area is 115 Å². The molecule has 0 spiro atoms. The van der Waals surface area contributed by atoms with E-state index in [0.29, 0.717) is 17.5 Å². The van der Waals surface area contributed by atoms with E-state index in [1.165, 1.54) is 19.1 Å². The van der Waals surface area contributed by atoms with Crippen LogP contribution in [0.2, 0.25) is 0 Å². The predicted molar refractivity (Wildman–Crippen MR) is 82.8 cm³/mol. The number of nitrogen functional groups attached to an aromatic ring is 1. The van der Waals surface area contributed by atoms with Crippen LogP contribution in [0.3, 0.4) is 0 Å². The fraction of sp³-hybridized carbons (Fsp3) is 0.438. The predicted octanol–water partition coefficient (Wildman–Crippen LogP) is 3.65. The second-order valence-corrected chi connectivity index (χ2v) is 5.36.